The fourth-order valence-corrected chi connectivity index (χ4v) is 5.39. The lowest BCUT2D eigenvalue weighted by Gasteiger charge is -2.20. The zero-order valence-electron chi connectivity index (χ0n) is 20.4. The summed E-state index contributed by atoms with van der Waals surface area (Å²) < 4.78 is 35.0. The van der Waals surface area contributed by atoms with Crippen LogP contribution in [0.3, 0.4) is 0 Å². The van der Waals surface area contributed by atoms with Gasteiger partial charge in [0.1, 0.15) is 0 Å². The quantitative estimate of drug-likeness (QED) is 0.397. The Labute approximate surface area is 215 Å². The zero-order valence-corrected chi connectivity index (χ0v) is 21.2. The van der Waals surface area contributed by atoms with Gasteiger partial charge in [0.15, 0.2) is 0 Å². The first kappa shape index (κ1) is 24.5. The predicted octanol–water partition coefficient (Wildman–Crippen LogP) is 4.81. The van der Waals surface area contributed by atoms with Crippen molar-refractivity contribution in [2.24, 2.45) is 0 Å². The second kappa shape index (κ2) is 10.0. The molecule has 4 aromatic rings. The number of nitrogens with zero attached hydrogens (tertiary/aromatic N) is 2. The molecule has 0 radical (unpaired) electrons. The number of anilines is 1. The van der Waals surface area contributed by atoms with Crippen LogP contribution in [0, 0.1) is 13.8 Å². The third-order valence-electron chi connectivity index (χ3n) is 6.24. The second-order valence-electron chi connectivity index (χ2n) is 8.89. The van der Waals surface area contributed by atoms with Crippen LogP contribution in [-0.4, -0.2) is 30.9 Å². The summed E-state index contributed by atoms with van der Waals surface area (Å²) in [5, 5.41) is 3.02. The Kier molecular flexibility index (Phi) is 6.62. The van der Waals surface area contributed by atoms with Crippen LogP contribution >= 0.6 is 0 Å². The number of ether oxygens (including phenoxy) is 1. The minimum absolute atomic E-state index is 0.0722. The molecule has 4 bridgehead atoms. The Balaban J connectivity index is 1.62. The molecular formula is C28H26N4O4S. The van der Waals surface area contributed by atoms with Gasteiger partial charge in [0.05, 0.1) is 23.2 Å². The molecule has 1 amide bonds. The number of fused-ring (bicyclic) bond motifs is 4. The average Bonchev–Trinajstić information content (AvgIpc) is 2.88. The van der Waals surface area contributed by atoms with Crippen molar-refractivity contribution in [2.75, 3.05) is 11.3 Å². The summed E-state index contributed by atoms with van der Waals surface area (Å²) >= 11 is 0. The van der Waals surface area contributed by atoms with E-state index in [0.717, 1.165) is 22.3 Å². The van der Waals surface area contributed by atoms with Crippen LogP contribution in [0.5, 0.6) is 5.88 Å². The van der Waals surface area contributed by atoms with Crippen molar-refractivity contribution in [3.05, 3.63) is 101 Å². The highest BCUT2D eigenvalue weighted by molar-refractivity contribution is 7.92. The van der Waals surface area contributed by atoms with Crippen molar-refractivity contribution < 1.29 is 17.9 Å². The van der Waals surface area contributed by atoms with E-state index in [4.69, 9.17) is 4.74 Å². The van der Waals surface area contributed by atoms with Gasteiger partial charge in [-0.1, -0.05) is 54.6 Å². The molecule has 9 heteroatoms. The van der Waals surface area contributed by atoms with E-state index in [9.17, 15) is 13.2 Å². The highest BCUT2D eigenvalue weighted by Crippen LogP contribution is 2.30. The second-order valence-corrected chi connectivity index (χ2v) is 10.6. The number of carbonyl (C=O) groups excluding carboxylic acids is 1. The van der Waals surface area contributed by atoms with Gasteiger partial charge in [0.25, 0.3) is 15.9 Å². The molecule has 188 valence electrons. The monoisotopic (exact) mass is 514 g/mol. The molecule has 8 nitrogen and oxygen atoms in total. The molecule has 0 spiro atoms. The van der Waals surface area contributed by atoms with Crippen molar-refractivity contribution in [1.29, 1.82) is 0 Å². The lowest BCUT2D eigenvalue weighted by molar-refractivity contribution is 0.0930. The molecular weight excluding hydrogens is 488 g/mol. The Hall–Kier alpha value is -4.24. The average molecular weight is 515 g/mol. The summed E-state index contributed by atoms with van der Waals surface area (Å²) in [5.41, 5.74) is 4.56. The molecule has 1 aliphatic rings. The number of sulfonamides is 1. The Morgan fingerprint density at radius 3 is 2.38 bits per heavy atom. The molecule has 3 aromatic carbocycles. The van der Waals surface area contributed by atoms with E-state index in [-0.39, 0.29) is 40.8 Å². The van der Waals surface area contributed by atoms with Crippen LogP contribution in [-0.2, 0) is 10.0 Å². The Morgan fingerprint density at radius 2 is 1.62 bits per heavy atom. The number of hydrogen-bond acceptors (Lipinski definition) is 6. The van der Waals surface area contributed by atoms with Crippen molar-refractivity contribution in [2.45, 2.75) is 31.2 Å². The lowest BCUT2D eigenvalue weighted by Crippen LogP contribution is -2.30. The molecule has 1 aliphatic heterocycles. The first-order valence-corrected chi connectivity index (χ1v) is 13.4. The maximum atomic E-state index is 13.3. The number of amides is 1. The fraction of sp³-hybridized carbons (Fsp3) is 0.179. The summed E-state index contributed by atoms with van der Waals surface area (Å²) in [7, 11) is -4.09. The van der Waals surface area contributed by atoms with Crippen LogP contribution in [0.4, 0.5) is 5.95 Å². The van der Waals surface area contributed by atoms with Gasteiger partial charge in [-0.2, -0.15) is 4.98 Å². The van der Waals surface area contributed by atoms with E-state index >= 15 is 0 Å². The molecule has 5 rings (SSSR count). The molecule has 0 saturated heterocycles. The number of nitrogens with one attached hydrogen (secondary N) is 2. The van der Waals surface area contributed by atoms with E-state index in [1.807, 2.05) is 62.4 Å². The molecule has 37 heavy (non-hydrogen) atoms. The van der Waals surface area contributed by atoms with E-state index in [2.05, 4.69) is 20.0 Å². The molecule has 2 N–H and O–H groups in total. The molecule has 0 fully saturated rings. The normalized spacial score (nSPS) is 17.0. The van der Waals surface area contributed by atoms with Gasteiger partial charge in [-0.05, 0) is 48.7 Å². The third kappa shape index (κ3) is 5.31. The van der Waals surface area contributed by atoms with Gasteiger partial charge in [-0.15, -0.1) is 0 Å². The Morgan fingerprint density at radius 1 is 0.892 bits per heavy atom. The van der Waals surface area contributed by atoms with Crippen molar-refractivity contribution in [3.8, 4) is 17.1 Å². The van der Waals surface area contributed by atoms with Crippen LogP contribution in [0.1, 0.15) is 39.5 Å². The molecule has 0 aliphatic carbocycles. The van der Waals surface area contributed by atoms with Gasteiger partial charge in [-0.25, -0.2) is 18.1 Å². The van der Waals surface area contributed by atoms with Gasteiger partial charge >= 0.3 is 0 Å². The maximum Gasteiger partial charge on any atom is 0.264 e. The molecule has 0 unspecified atom stereocenters. The van der Waals surface area contributed by atoms with Crippen molar-refractivity contribution in [3.63, 3.8) is 0 Å². The minimum atomic E-state index is -4.09. The predicted molar refractivity (Wildman–Crippen MR) is 141 cm³/mol. The third-order valence-corrected chi connectivity index (χ3v) is 7.56. The SMILES string of the molecule is Cc1cccc(C)c1-c1cc2nc(n1)NS(=O)(=O)c1cccc(c1)C(=O)N[C@H](c1ccccc1)CCO2. The summed E-state index contributed by atoms with van der Waals surface area (Å²) in [6.45, 7) is 4.17. The molecule has 1 atom stereocenters. The standard InChI is InChI=1S/C28H26N4O4S/c1-18-8-6-9-19(2)26(18)24-17-25-31-28(30-24)32-37(34,35)22-13-7-12-21(16-22)27(33)29-23(14-15-36-25)20-10-4-3-5-11-20/h3-13,16-17,23H,14-15H2,1-2H3,(H,29,33)(H,30,31,32)/t23-/m0/s1. The van der Waals surface area contributed by atoms with Crippen LogP contribution < -0.4 is 14.8 Å². The van der Waals surface area contributed by atoms with E-state index in [0.29, 0.717) is 12.1 Å². The first-order chi connectivity index (χ1) is 17.8. The zero-order chi connectivity index (χ0) is 26.0. The van der Waals surface area contributed by atoms with E-state index in [1.165, 1.54) is 18.2 Å². The molecule has 2 heterocycles. The van der Waals surface area contributed by atoms with Gasteiger partial charge < -0.3 is 10.1 Å². The van der Waals surface area contributed by atoms with Crippen molar-refractivity contribution >= 4 is 21.9 Å². The minimum Gasteiger partial charge on any atom is -0.477 e. The maximum absolute atomic E-state index is 13.3. The first-order valence-electron chi connectivity index (χ1n) is 11.9. The number of benzene rings is 3. The summed E-state index contributed by atoms with van der Waals surface area (Å²) in [6, 6.07) is 22.7. The van der Waals surface area contributed by atoms with Gasteiger partial charge in [0.2, 0.25) is 11.8 Å². The number of aryl methyl sites for hydroxylation is 2. The van der Waals surface area contributed by atoms with E-state index < -0.39 is 10.0 Å². The summed E-state index contributed by atoms with van der Waals surface area (Å²) in [5.74, 6) is -0.258. The number of aromatic nitrogens is 2. The van der Waals surface area contributed by atoms with Crippen LogP contribution in [0.15, 0.2) is 83.8 Å². The van der Waals surface area contributed by atoms with Crippen molar-refractivity contribution in [1.82, 2.24) is 15.3 Å². The largest absolute Gasteiger partial charge is 0.477 e. The smallest absolute Gasteiger partial charge is 0.264 e. The highest BCUT2D eigenvalue weighted by atomic mass is 32.2. The van der Waals surface area contributed by atoms with E-state index in [1.54, 1.807) is 12.1 Å². The number of rotatable bonds is 2. The fourth-order valence-electron chi connectivity index (χ4n) is 4.41. The van der Waals surface area contributed by atoms with Gasteiger partial charge in [-0.3, -0.25) is 4.79 Å². The van der Waals surface area contributed by atoms with Crippen LogP contribution in [0.25, 0.3) is 11.3 Å². The molecule has 0 saturated carbocycles. The Bertz CT molecular complexity index is 1550. The van der Waals surface area contributed by atoms with Crippen LogP contribution in [0.2, 0.25) is 0 Å². The molecule has 1 aromatic heterocycles. The summed E-state index contributed by atoms with van der Waals surface area (Å²) in [4.78, 5) is 21.9. The summed E-state index contributed by atoms with van der Waals surface area (Å²) in [6.07, 6.45) is 0.471. The number of carbonyl (C=O) groups is 1. The number of hydrogen-bond donors (Lipinski definition) is 2. The topological polar surface area (TPSA) is 110 Å². The highest BCUT2D eigenvalue weighted by Gasteiger charge is 2.22. The van der Waals surface area contributed by atoms with Gasteiger partial charge in [0, 0.05) is 23.6 Å². The lowest BCUT2D eigenvalue weighted by atomic mass is 10.00.